The molecule has 7 aromatic rings. The van der Waals surface area contributed by atoms with Crippen LogP contribution in [0.5, 0.6) is 23.0 Å². The molecule has 59 heavy (non-hydrogen) atoms. The Morgan fingerprint density at radius 1 is 0.627 bits per heavy atom. The van der Waals surface area contributed by atoms with Crippen LogP contribution in [0, 0.1) is 20.8 Å². The number of nitrogens with zero attached hydrogens (tertiary/aromatic N) is 2. The summed E-state index contributed by atoms with van der Waals surface area (Å²) in [5.41, 5.74) is 4.21. The number of aryl methyl sites for hydroxylation is 3. The van der Waals surface area contributed by atoms with Crippen molar-refractivity contribution in [1.29, 1.82) is 0 Å². The quantitative estimate of drug-likeness (QED) is 0.116. The lowest BCUT2D eigenvalue weighted by Gasteiger charge is -2.37. The number of benzene rings is 6. The third-order valence-electron chi connectivity index (χ3n) is 10.7. The SMILES string of the molecule is Cc1ccc(C(OCC2O[C@@H](n3cc(C)c(=O)n(Cc4ccc(Oc5ccc(Oc6ccccc6)cc5)cc4)c3=O)C[C@@H]2O)(c2ccccc2)c2ccc(C)cc2)cc1. The van der Waals surface area contributed by atoms with E-state index in [1.54, 1.807) is 19.1 Å². The molecule has 298 valence electrons. The Morgan fingerprint density at radius 2 is 1.10 bits per heavy atom. The lowest BCUT2D eigenvalue weighted by molar-refractivity contribution is -0.0946. The zero-order valence-electron chi connectivity index (χ0n) is 33.2. The van der Waals surface area contributed by atoms with E-state index in [4.69, 9.17) is 18.9 Å². The average Bonchev–Trinajstić information content (AvgIpc) is 3.63. The molecule has 9 nitrogen and oxygen atoms in total. The first kappa shape index (κ1) is 39.3. The van der Waals surface area contributed by atoms with E-state index in [1.165, 1.54) is 15.3 Å². The van der Waals surface area contributed by atoms with Crippen molar-refractivity contribution in [1.82, 2.24) is 9.13 Å². The minimum Gasteiger partial charge on any atom is -0.457 e. The molecule has 6 aromatic carbocycles. The smallest absolute Gasteiger partial charge is 0.333 e. The zero-order valence-corrected chi connectivity index (χ0v) is 33.2. The summed E-state index contributed by atoms with van der Waals surface area (Å²) in [7, 11) is 0. The summed E-state index contributed by atoms with van der Waals surface area (Å²) in [6.45, 7) is 5.84. The van der Waals surface area contributed by atoms with Crippen LogP contribution in [0.3, 0.4) is 0 Å². The number of ether oxygens (including phenoxy) is 4. The van der Waals surface area contributed by atoms with Crippen LogP contribution >= 0.6 is 0 Å². The fraction of sp³-hybridized carbons (Fsp3) is 0.200. The average molecular weight is 787 g/mol. The Morgan fingerprint density at radius 3 is 1.64 bits per heavy atom. The molecule has 1 fully saturated rings. The molecule has 1 unspecified atom stereocenters. The Bertz CT molecular complexity index is 2560. The number of aromatic nitrogens is 2. The summed E-state index contributed by atoms with van der Waals surface area (Å²) in [5.74, 6) is 2.67. The molecule has 8 rings (SSSR count). The highest BCUT2D eigenvalue weighted by atomic mass is 16.6. The number of aliphatic hydroxyl groups is 1. The van der Waals surface area contributed by atoms with Crippen LogP contribution in [0.15, 0.2) is 174 Å². The third kappa shape index (κ3) is 8.54. The zero-order chi connectivity index (χ0) is 40.9. The van der Waals surface area contributed by atoms with Crippen molar-refractivity contribution in [3.63, 3.8) is 0 Å². The van der Waals surface area contributed by atoms with Crippen LogP contribution in [-0.4, -0.2) is 33.1 Å². The highest BCUT2D eigenvalue weighted by Crippen LogP contribution is 2.42. The van der Waals surface area contributed by atoms with Gasteiger partial charge in [-0.3, -0.25) is 13.9 Å². The van der Waals surface area contributed by atoms with Gasteiger partial charge in [0.05, 0.1) is 19.3 Å². The predicted molar refractivity (Wildman–Crippen MR) is 227 cm³/mol. The molecule has 1 saturated heterocycles. The maximum Gasteiger partial charge on any atom is 0.333 e. The molecular weight excluding hydrogens is 741 g/mol. The normalized spacial score (nSPS) is 16.5. The van der Waals surface area contributed by atoms with Crippen LogP contribution in [0.4, 0.5) is 0 Å². The molecule has 1 aliphatic rings. The lowest BCUT2D eigenvalue weighted by atomic mass is 9.79. The maximum absolute atomic E-state index is 14.0. The molecule has 1 aromatic heterocycles. The molecule has 1 N–H and O–H groups in total. The highest BCUT2D eigenvalue weighted by Gasteiger charge is 2.42. The van der Waals surface area contributed by atoms with E-state index in [0.717, 1.165) is 39.1 Å². The monoisotopic (exact) mass is 786 g/mol. The first-order valence-electron chi connectivity index (χ1n) is 19.8. The van der Waals surface area contributed by atoms with Gasteiger partial charge in [-0.25, -0.2) is 4.79 Å². The van der Waals surface area contributed by atoms with Gasteiger partial charge in [-0.1, -0.05) is 120 Å². The second-order valence-corrected chi connectivity index (χ2v) is 15.0. The molecule has 0 bridgehead atoms. The molecule has 9 heteroatoms. The first-order chi connectivity index (χ1) is 28.7. The topological polar surface area (TPSA) is 101 Å². The van der Waals surface area contributed by atoms with Gasteiger partial charge in [-0.15, -0.1) is 0 Å². The molecule has 0 amide bonds. The van der Waals surface area contributed by atoms with Crippen molar-refractivity contribution in [3.8, 4) is 23.0 Å². The van der Waals surface area contributed by atoms with Crippen molar-refractivity contribution < 1.29 is 24.1 Å². The second kappa shape index (κ2) is 17.1. The molecule has 0 radical (unpaired) electrons. The van der Waals surface area contributed by atoms with Crippen LogP contribution in [0.1, 0.15) is 51.6 Å². The van der Waals surface area contributed by atoms with E-state index in [-0.39, 0.29) is 19.6 Å². The largest absolute Gasteiger partial charge is 0.457 e. The molecule has 1 aliphatic heterocycles. The van der Waals surface area contributed by atoms with Gasteiger partial charge in [0, 0.05) is 18.2 Å². The number of hydrogen-bond donors (Lipinski definition) is 1. The van der Waals surface area contributed by atoms with Gasteiger partial charge in [-0.2, -0.15) is 0 Å². The number of para-hydroxylation sites is 1. The van der Waals surface area contributed by atoms with Crippen LogP contribution < -0.4 is 20.7 Å². The van der Waals surface area contributed by atoms with E-state index in [0.29, 0.717) is 22.8 Å². The van der Waals surface area contributed by atoms with E-state index < -0.39 is 35.3 Å². The van der Waals surface area contributed by atoms with Crippen LogP contribution in [0.2, 0.25) is 0 Å². The summed E-state index contributed by atoms with van der Waals surface area (Å²) in [4.78, 5) is 27.4. The number of hydrogen-bond acceptors (Lipinski definition) is 7. The van der Waals surface area contributed by atoms with Crippen molar-refractivity contribution in [2.75, 3.05) is 6.61 Å². The fourth-order valence-corrected chi connectivity index (χ4v) is 7.53. The van der Waals surface area contributed by atoms with E-state index >= 15 is 0 Å². The molecule has 0 aliphatic carbocycles. The van der Waals surface area contributed by atoms with E-state index in [2.05, 4.69) is 48.5 Å². The first-order valence-corrected chi connectivity index (χ1v) is 19.8. The minimum atomic E-state index is -1.02. The van der Waals surface area contributed by atoms with Gasteiger partial charge in [0.1, 0.15) is 40.9 Å². The third-order valence-corrected chi connectivity index (χ3v) is 10.7. The summed E-state index contributed by atoms with van der Waals surface area (Å²) in [5, 5.41) is 11.4. The molecule has 2 heterocycles. The standard InChI is InChI=1S/C50H46N2O7/c1-34-14-20-39(21-15-34)50(38-10-6-4-7-11-38,40-22-16-35(2)17-23-40)56-33-46-45(53)30-47(59-46)51-31-36(3)48(54)52(49(51)55)32-37-18-24-42(25-19-37)58-44-28-26-43(27-29-44)57-41-12-8-5-9-13-41/h4-29,31,45-47,53H,30,32-33H2,1-3H3/t45-,46?,47+/m0/s1. The Hall–Kier alpha value is -6.52. The van der Waals surface area contributed by atoms with Crippen LogP contribution in [0.25, 0.3) is 0 Å². The van der Waals surface area contributed by atoms with Gasteiger partial charge < -0.3 is 24.1 Å². The van der Waals surface area contributed by atoms with Gasteiger partial charge in [-0.05, 0) is 91.6 Å². The summed E-state index contributed by atoms with van der Waals surface area (Å²) < 4.78 is 28.0. The van der Waals surface area contributed by atoms with Crippen molar-refractivity contribution in [2.45, 2.75) is 57.8 Å². The summed E-state index contributed by atoms with van der Waals surface area (Å²) in [6, 6.07) is 50.7. The fourth-order valence-electron chi connectivity index (χ4n) is 7.53. The minimum absolute atomic E-state index is 0.0295. The molecule has 3 atom stereocenters. The molecular formula is C50H46N2O7. The second-order valence-electron chi connectivity index (χ2n) is 15.0. The van der Waals surface area contributed by atoms with Crippen molar-refractivity contribution in [2.24, 2.45) is 0 Å². The van der Waals surface area contributed by atoms with Crippen LogP contribution in [-0.2, 0) is 21.6 Å². The van der Waals surface area contributed by atoms with E-state index in [9.17, 15) is 14.7 Å². The summed E-state index contributed by atoms with van der Waals surface area (Å²) >= 11 is 0. The van der Waals surface area contributed by atoms with E-state index in [1.807, 2.05) is 111 Å². The number of aliphatic hydroxyl groups excluding tert-OH is 1. The van der Waals surface area contributed by atoms with Gasteiger partial charge >= 0.3 is 5.69 Å². The van der Waals surface area contributed by atoms with Gasteiger partial charge in [0.2, 0.25) is 0 Å². The Kier molecular flexibility index (Phi) is 11.4. The maximum atomic E-state index is 14.0. The van der Waals surface area contributed by atoms with Crippen molar-refractivity contribution in [3.05, 3.63) is 224 Å². The Labute approximate surface area is 343 Å². The number of rotatable bonds is 13. The summed E-state index contributed by atoms with van der Waals surface area (Å²) in [6.07, 6.45) is -0.850. The van der Waals surface area contributed by atoms with Gasteiger partial charge in [0.15, 0.2) is 0 Å². The molecule has 0 spiro atoms. The van der Waals surface area contributed by atoms with Crippen molar-refractivity contribution >= 4 is 0 Å². The lowest BCUT2D eigenvalue weighted by Crippen LogP contribution is -2.42. The van der Waals surface area contributed by atoms with Gasteiger partial charge in [0.25, 0.3) is 5.56 Å². The predicted octanol–water partition coefficient (Wildman–Crippen LogP) is 9.23. The highest BCUT2D eigenvalue weighted by molar-refractivity contribution is 5.48. The molecule has 0 saturated carbocycles. The Balaban J connectivity index is 0.991.